The van der Waals surface area contributed by atoms with Crippen LogP contribution >= 0.6 is 11.3 Å². The van der Waals surface area contributed by atoms with Gasteiger partial charge in [-0.25, -0.2) is 4.98 Å². The molecule has 4 rings (SSSR count). The summed E-state index contributed by atoms with van der Waals surface area (Å²) in [7, 11) is 0. The third-order valence-electron chi connectivity index (χ3n) is 3.65. The van der Waals surface area contributed by atoms with Crippen LogP contribution in [0.2, 0.25) is 0 Å². The average Bonchev–Trinajstić information content (AvgIpc) is 3.06. The zero-order chi connectivity index (χ0) is 17.2. The Morgan fingerprint density at radius 3 is 2.84 bits per heavy atom. The Kier molecular flexibility index (Phi) is 3.99. The molecule has 1 aliphatic heterocycles. The number of para-hydroxylation sites is 1. The van der Waals surface area contributed by atoms with Gasteiger partial charge in [0.25, 0.3) is 5.91 Å². The summed E-state index contributed by atoms with van der Waals surface area (Å²) in [5.41, 5.74) is 1.97. The highest BCUT2D eigenvalue weighted by molar-refractivity contribution is 7.21. The third-order valence-corrected chi connectivity index (χ3v) is 4.72. The van der Waals surface area contributed by atoms with Crippen molar-refractivity contribution in [1.82, 2.24) is 4.98 Å². The second kappa shape index (κ2) is 6.45. The van der Waals surface area contributed by atoms with Gasteiger partial charge in [0.05, 0.1) is 15.8 Å². The Balaban J connectivity index is 1.58. The van der Waals surface area contributed by atoms with Crippen LogP contribution in [-0.2, 0) is 14.3 Å². The van der Waals surface area contributed by atoms with Crippen molar-refractivity contribution in [2.24, 2.45) is 0 Å². The smallest absolute Gasteiger partial charge is 0.294 e. The Hall–Kier alpha value is -3.06. The average molecular weight is 354 g/mol. The SMILES string of the molecule is O=C(Nc1ccc(-c2nc3ccccc3s2)c(O)c1)C1=COCCO1. The Bertz CT molecular complexity index is 947. The van der Waals surface area contributed by atoms with Crippen molar-refractivity contribution in [3.8, 4) is 16.3 Å². The maximum atomic E-state index is 12.1. The van der Waals surface area contributed by atoms with Crippen molar-refractivity contribution in [1.29, 1.82) is 0 Å². The van der Waals surface area contributed by atoms with E-state index in [9.17, 15) is 9.90 Å². The number of fused-ring (bicyclic) bond motifs is 1. The maximum Gasteiger partial charge on any atom is 0.294 e. The van der Waals surface area contributed by atoms with E-state index in [2.05, 4.69) is 10.3 Å². The second-order valence-electron chi connectivity index (χ2n) is 5.37. The monoisotopic (exact) mass is 354 g/mol. The van der Waals surface area contributed by atoms with E-state index in [0.717, 1.165) is 15.2 Å². The Morgan fingerprint density at radius 1 is 1.20 bits per heavy atom. The minimum Gasteiger partial charge on any atom is -0.507 e. The molecule has 0 aliphatic carbocycles. The molecule has 7 heteroatoms. The number of rotatable bonds is 3. The number of aromatic hydroxyl groups is 1. The molecule has 0 saturated heterocycles. The van der Waals surface area contributed by atoms with E-state index in [-0.39, 0.29) is 11.5 Å². The van der Waals surface area contributed by atoms with E-state index in [4.69, 9.17) is 9.47 Å². The summed E-state index contributed by atoms with van der Waals surface area (Å²) in [6, 6.07) is 12.7. The van der Waals surface area contributed by atoms with Gasteiger partial charge in [0.2, 0.25) is 5.76 Å². The zero-order valence-corrected chi connectivity index (χ0v) is 13.9. The van der Waals surface area contributed by atoms with Gasteiger partial charge in [-0.15, -0.1) is 11.3 Å². The lowest BCUT2D eigenvalue weighted by Crippen LogP contribution is -2.21. The number of thiazole rings is 1. The van der Waals surface area contributed by atoms with Gasteiger partial charge in [-0.2, -0.15) is 0 Å². The lowest BCUT2D eigenvalue weighted by molar-refractivity contribution is -0.117. The normalized spacial score (nSPS) is 13.7. The molecule has 126 valence electrons. The minimum atomic E-state index is -0.424. The van der Waals surface area contributed by atoms with E-state index >= 15 is 0 Å². The summed E-state index contributed by atoms with van der Waals surface area (Å²) in [5.74, 6) is -0.264. The van der Waals surface area contributed by atoms with E-state index in [1.165, 1.54) is 23.7 Å². The molecular weight excluding hydrogens is 340 g/mol. The third kappa shape index (κ3) is 3.14. The highest BCUT2D eigenvalue weighted by Crippen LogP contribution is 2.36. The number of benzene rings is 2. The van der Waals surface area contributed by atoms with Crippen LogP contribution in [0.3, 0.4) is 0 Å². The summed E-state index contributed by atoms with van der Waals surface area (Å²) in [5, 5.41) is 13.7. The predicted molar refractivity (Wildman–Crippen MR) is 95.3 cm³/mol. The first-order valence-electron chi connectivity index (χ1n) is 7.65. The topological polar surface area (TPSA) is 80.7 Å². The molecule has 0 saturated carbocycles. The number of aromatic nitrogens is 1. The first-order chi connectivity index (χ1) is 12.2. The van der Waals surface area contributed by atoms with E-state index in [1.54, 1.807) is 12.1 Å². The lowest BCUT2D eigenvalue weighted by atomic mass is 10.2. The van der Waals surface area contributed by atoms with Crippen LogP contribution in [0.5, 0.6) is 5.75 Å². The molecule has 0 spiro atoms. The minimum absolute atomic E-state index is 0.0478. The summed E-state index contributed by atoms with van der Waals surface area (Å²) in [6.07, 6.45) is 1.29. The molecule has 0 bridgehead atoms. The number of hydrogen-bond acceptors (Lipinski definition) is 6. The summed E-state index contributed by atoms with van der Waals surface area (Å²) >= 11 is 1.50. The van der Waals surface area contributed by atoms with Crippen LogP contribution < -0.4 is 5.32 Å². The van der Waals surface area contributed by atoms with Crippen molar-refractivity contribution in [2.75, 3.05) is 18.5 Å². The van der Waals surface area contributed by atoms with Crippen LogP contribution in [0.1, 0.15) is 0 Å². The molecule has 6 nitrogen and oxygen atoms in total. The van der Waals surface area contributed by atoms with Gasteiger partial charge in [0.15, 0.2) is 0 Å². The number of anilines is 1. The van der Waals surface area contributed by atoms with Crippen molar-refractivity contribution in [3.63, 3.8) is 0 Å². The van der Waals surface area contributed by atoms with E-state index < -0.39 is 5.91 Å². The van der Waals surface area contributed by atoms with Gasteiger partial charge in [0.1, 0.15) is 30.2 Å². The summed E-state index contributed by atoms with van der Waals surface area (Å²) in [4.78, 5) is 16.6. The standard InChI is InChI=1S/C18H14N2O4S/c21-14-9-11(19-17(22)15-10-23-7-8-24-15)5-6-12(14)18-20-13-3-1-2-4-16(13)25-18/h1-6,9-10,21H,7-8H2,(H,19,22). The summed E-state index contributed by atoms with van der Waals surface area (Å²) in [6.45, 7) is 0.759. The number of nitrogens with zero attached hydrogens (tertiary/aromatic N) is 1. The second-order valence-corrected chi connectivity index (χ2v) is 6.40. The van der Waals surface area contributed by atoms with E-state index in [1.807, 2.05) is 24.3 Å². The van der Waals surface area contributed by atoms with Gasteiger partial charge >= 0.3 is 0 Å². The molecule has 0 fully saturated rings. The maximum absolute atomic E-state index is 12.1. The number of ether oxygens (including phenoxy) is 2. The number of carbonyl (C=O) groups excluding carboxylic acids is 1. The number of amides is 1. The predicted octanol–water partition coefficient (Wildman–Crippen LogP) is 3.50. The molecule has 0 unspecified atom stereocenters. The molecule has 2 aromatic carbocycles. The first kappa shape index (κ1) is 15.5. The molecule has 1 aliphatic rings. The molecule has 0 radical (unpaired) electrons. The molecule has 25 heavy (non-hydrogen) atoms. The lowest BCUT2D eigenvalue weighted by Gasteiger charge is -2.15. The molecular formula is C18H14N2O4S. The van der Waals surface area contributed by atoms with Gasteiger partial charge in [-0.3, -0.25) is 4.79 Å². The van der Waals surface area contributed by atoms with Crippen LogP contribution in [-0.4, -0.2) is 29.2 Å². The van der Waals surface area contributed by atoms with Crippen LogP contribution in [0.25, 0.3) is 20.8 Å². The molecule has 1 aromatic heterocycles. The number of phenolic OH excluding ortho intramolecular Hbond substituents is 1. The molecule has 2 N–H and O–H groups in total. The van der Waals surface area contributed by atoms with Crippen molar-refractivity contribution in [2.45, 2.75) is 0 Å². The first-order valence-corrected chi connectivity index (χ1v) is 8.47. The highest BCUT2D eigenvalue weighted by atomic mass is 32.1. The van der Waals surface area contributed by atoms with Gasteiger partial charge in [0, 0.05) is 11.8 Å². The van der Waals surface area contributed by atoms with Gasteiger partial charge in [-0.1, -0.05) is 12.1 Å². The largest absolute Gasteiger partial charge is 0.507 e. The number of phenols is 1. The fraction of sp³-hybridized carbons (Fsp3) is 0.111. The Morgan fingerprint density at radius 2 is 2.08 bits per heavy atom. The van der Waals surface area contributed by atoms with Crippen LogP contribution in [0, 0.1) is 0 Å². The highest BCUT2D eigenvalue weighted by Gasteiger charge is 2.16. The van der Waals surface area contributed by atoms with Crippen molar-refractivity contribution < 1.29 is 19.4 Å². The molecule has 1 amide bonds. The van der Waals surface area contributed by atoms with Gasteiger partial charge in [-0.05, 0) is 24.3 Å². The number of hydrogen-bond donors (Lipinski definition) is 2. The Labute approximate surface area is 147 Å². The van der Waals surface area contributed by atoms with Crippen LogP contribution in [0.4, 0.5) is 5.69 Å². The quantitative estimate of drug-likeness (QED) is 0.752. The number of nitrogens with one attached hydrogen (secondary N) is 1. The zero-order valence-electron chi connectivity index (χ0n) is 13.1. The summed E-state index contributed by atoms with van der Waals surface area (Å²) < 4.78 is 11.3. The van der Waals surface area contributed by atoms with Crippen LogP contribution in [0.15, 0.2) is 54.5 Å². The van der Waals surface area contributed by atoms with Gasteiger partial charge < -0.3 is 19.9 Å². The van der Waals surface area contributed by atoms with Crippen molar-refractivity contribution in [3.05, 3.63) is 54.5 Å². The molecule has 3 aromatic rings. The van der Waals surface area contributed by atoms with Crippen molar-refractivity contribution >= 4 is 33.1 Å². The number of carbonyl (C=O) groups is 1. The fourth-order valence-electron chi connectivity index (χ4n) is 2.46. The molecule has 2 heterocycles. The van der Waals surface area contributed by atoms with E-state index in [0.29, 0.717) is 24.5 Å². The molecule has 0 atom stereocenters. The fourth-order valence-corrected chi connectivity index (χ4v) is 3.46.